The maximum atomic E-state index is 15.0. The van der Waals surface area contributed by atoms with E-state index in [1.54, 1.807) is 11.0 Å². The molecule has 2 fully saturated rings. The van der Waals surface area contributed by atoms with Crippen LogP contribution in [0.15, 0.2) is 24.8 Å². The lowest BCUT2D eigenvalue weighted by Crippen LogP contribution is -2.55. The van der Waals surface area contributed by atoms with Gasteiger partial charge in [0.05, 0.1) is 24.2 Å². The highest BCUT2D eigenvalue weighted by atomic mass is 19.1. The molecule has 3 atom stereocenters. The second-order valence-corrected chi connectivity index (χ2v) is 11.5. The molecule has 1 amide bonds. The summed E-state index contributed by atoms with van der Waals surface area (Å²) in [6.45, 7) is 9.74. The van der Waals surface area contributed by atoms with Crippen LogP contribution in [-0.2, 0) is 24.3 Å². The van der Waals surface area contributed by atoms with Crippen molar-refractivity contribution in [1.29, 1.82) is 5.26 Å². The van der Waals surface area contributed by atoms with Crippen LogP contribution in [0.2, 0.25) is 0 Å². The molecular weight excluding hydrogens is 525 g/mol. The number of phenols is 1. The maximum absolute atomic E-state index is 15.0. The van der Waals surface area contributed by atoms with Gasteiger partial charge in [-0.25, -0.2) is 4.39 Å². The number of likely N-dealkylation sites (tertiary alicyclic amines) is 1. The first-order valence-corrected chi connectivity index (χ1v) is 14.4. The summed E-state index contributed by atoms with van der Waals surface area (Å²) in [6.07, 6.45) is 5.24. The summed E-state index contributed by atoms with van der Waals surface area (Å²) in [5.41, 5.74) is 3.32. The number of hydrogen-bond acceptors (Lipinski definition) is 9. The van der Waals surface area contributed by atoms with Gasteiger partial charge in [0.2, 0.25) is 5.91 Å². The predicted molar refractivity (Wildman–Crippen MR) is 149 cm³/mol. The van der Waals surface area contributed by atoms with Crippen molar-refractivity contribution in [2.75, 3.05) is 37.8 Å². The van der Waals surface area contributed by atoms with E-state index < -0.39 is 0 Å². The normalized spacial score (nSPS) is 24.3. The zero-order valence-electron chi connectivity index (χ0n) is 23.4. The smallest absolute Gasteiger partial charge is 0.319 e. The largest absolute Gasteiger partial charge is 0.508 e. The summed E-state index contributed by atoms with van der Waals surface area (Å²) < 4.78 is 21.2. The summed E-state index contributed by atoms with van der Waals surface area (Å²) in [7, 11) is 0. The summed E-state index contributed by atoms with van der Waals surface area (Å²) in [5, 5.41) is 19.4. The third kappa shape index (κ3) is 5.22. The number of carbonyl (C=O) groups excluding carboxylic acids is 1. The molecule has 2 saturated heterocycles. The molecule has 0 bridgehead atoms. The SMILES string of the molecule is C=CC(=O)N1CCN(c2nc(OCN3CCCC3C)nc3c2CN(C2CCc4cc(O)cc(F)c42)C3)C[C@@H]1CC#N. The van der Waals surface area contributed by atoms with Crippen LogP contribution < -0.4 is 9.64 Å². The number of nitriles is 1. The van der Waals surface area contributed by atoms with E-state index in [2.05, 4.69) is 34.3 Å². The number of rotatable bonds is 7. The van der Waals surface area contributed by atoms with Gasteiger partial charge in [-0.15, -0.1) is 0 Å². The second-order valence-electron chi connectivity index (χ2n) is 11.5. The van der Waals surface area contributed by atoms with Crippen LogP contribution in [0.3, 0.4) is 0 Å². The zero-order valence-corrected chi connectivity index (χ0v) is 23.4. The number of aryl methyl sites for hydroxylation is 1. The highest BCUT2D eigenvalue weighted by Crippen LogP contribution is 2.44. The molecule has 1 aromatic carbocycles. The standard InChI is InChI=1S/C30H36FN7O3/c1-3-27(40)38-12-11-35(15-21(38)8-9-32)29-23-16-37(26-7-6-20-13-22(39)14-24(31)28(20)26)17-25(23)33-30(34-29)41-18-36-10-4-5-19(36)2/h3,13-14,19,21,26,39H,1,4-8,10-12,15-18H2,2H3/t19?,21-,26?/m0/s1. The number of aromatic nitrogens is 2. The molecule has 10 nitrogen and oxygen atoms in total. The first-order valence-electron chi connectivity index (χ1n) is 14.4. The summed E-state index contributed by atoms with van der Waals surface area (Å²) >= 11 is 0. The van der Waals surface area contributed by atoms with Gasteiger partial charge >= 0.3 is 6.01 Å². The van der Waals surface area contributed by atoms with Crippen LogP contribution >= 0.6 is 0 Å². The van der Waals surface area contributed by atoms with Crippen LogP contribution in [0.1, 0.15) is 61.0 Å². The zero-order chi connectivity index (χ0) is 28.7. The fraction of sp³-hybridized carbons (Fsp3) is 0.533. The molecule has 4 heterocycles. The Bertz CT molecular complexity index is 1400. The first-order chi connectivity index (χ1) is 19.9. The van der Waals surface area contributed by atoms with Gasteiger partial charge in [0.25, 0.3) is 0 Å². The van der Waals surface area contributed by atoms with Crippen molar-refractivity contribution in [3.05, 3.63) is 53.0 Å². The average molecular weight is 562 g/mol. The van der Waals surface area contributed by atoms with Gasteiger partial charge in [-0.1, -0.05) is 6.58 Å². The van der Waals surface area contributed by atoms with Gasteiger partial charge in [0, 0.05) is 68.5 Å². The third-order valence-electron chi connectivity index (χ3n) is 9.04. The van der Waals surface area contributed by atoms with Crippen molar-refractivity contribution in [3.8, 4) is 17.8 Å². The number of fused-ring (bicyclic) bond motifs is 2. The first kappa shape index (κ1) is 27.4. The second kappa shape index (κ2) is 11.3. The summed E-state index contributed by atoms with van der Waals surface area (Å²) in [4.78, 5) is 30.6. The molecule has 2 unspecified atom stereocenters. The Morgan fingerprint density at radius 2 is 2.12 bits per heavy atom. The summed E-state index contributed by atoms with van der Waals surface area (Å²) in [6, 6.07) is 5.41. The fourth-order valence-corrected chi connectivity index (χ4v) is 6.89. The number of halogens is 1. The third-order valence-corrected chi connectivity index (χ3v) is 9.04. The van der Waals surface area contributed by atoms with Crippen LogP contribution in [0.4, 0.5) is 10.2 Å². The quantitative estimate of drug-likeness (QED) is 0.510. The van der Waals surface area contributed by atoms with E-state index in [1.807, 2.05) is 0 Å². The number of hydrogen-bond donors (Lipinski definition) is 1. The number of nitrogens with zero attached hydrogens (tertiary/aromatic N) is 7. The number of ether oxygens (including phenoxy) is 1. The van der Waals surface area contributed by atoms with E-state index in [9.17, 15) is 15.2 Å². The molecule has 0 radical (unpaired) electrons. The van der Waals surface area contributed by atoms with Gasteiger partial charge < -0.3 is 19.6 Å². The molecule has 6 rings (SSSR count). The van der Waals surface area contributed by atoms with Crippen molar-refractivity contribution in [3.63, 3.8) is 0 Å². The topological polar surface area (TPSA) is 109 Å². The van der Waals surface area contributed by atoms with E-state index in [4.69, 9.17) is 14.7 Å². The van der Waals surface area contributed by atoms with Crippen LogP contribution in [0.25, 0.3) is 0 Å². The lowest BCUT2D eigenvalue weighted by atomic mass is 10.1. The number of carbonyl (C=O) groups is 1. The lowest BCUT2D eigenvalue weighted by molar-refractivity contribution is -0.128. The highest BCUT2D eigenvalue weighted by molar-refractivity contribution is 5.87. The number of phenolic OH excluding ortho intramolecular Hbond substituents is 1. The fourth-order valence-electron chi connectivity index (χ4n) is 6.89. The molecule has 0 saturated carbocycles. The summed E-state index contributed by atoms with van der Waals surface area (Å²) in [5.74, 6) is 0.145. The number of benzene rings is 1. The number of aromatic hydroxyl groups is 1. The predicted octanol–water partition coefficient (Wildman–Crippen LogP) is 3.26. The monoisotopic (exact) mass is 561 g/mol. The van der Waals surface area contributed by atoms with Gasteiger partial charge in [-0.05, 0) is 50.3 Å². The van der Waals surface area contributed by atoms with Crippen LogP contribution in [0, 0.1) is 17.1 Å². The van der Waals surface area contributed by atoms with Crippen molar-refractivity contribution in [1.82, 2.24) is 24.7 Å². The maximum Gasteiger partial charge on any atom is 0.319 e. The molecule has 2 aromatic rings. The Labute approximate surface area is 239 Å². The Morgan fingerprint density at radius 1 is 1.27 bits per heavy atom. The minimum Gasteiger partial charge on any atom is -0.508 e. The Hall–Kier alpha value is -3.75. The Balaban J connectivity index is 1.30. The minimum absolute atomic E-state index is 0.0464. The molecule has 41 heavy (non-hydrogen) atoms. The molecular formula is C30H36FN7O3. The van der Waals surface area contributed by atoms with Crippen molar-refractivity contribution < 1.29 is 19.0 Å². The van der Waals surface area contributed by atoms with E-state index in [-0.39, 0.29) is 36.0 Å². The van der Waals surface area contributed by atoms with Gasteiger partial charge in [-0.3, -0.25) is 14.6 Å². The van der Waals surface area contributed by atoms with Crippen LogP contribution in [-0.4, -0.2) is 80.7 Å². The minimum atomic E-state index is -0.379. The number of piperazine rings is 1. The molecule has 1 aromatic heterocycles. The molecule has 216 valence electrons. The van der Waals surface area contributed by atoms with Crippen molar-refractivity contribution >= 4 is 11.7 Å². The van der Waals surface area contributed by atoms with E-state index in [0.29, 0.717) is 63.5 Å². The van der Waals surface area contributed by atoms with E-state index in [1.165, 1.54) is 12.1 Å². The van der Waals surface area contributed by atoms with Crippen LogP contribution in [0.5, 0.6) is 11.8 Å². The molecule has 0 spiro atoms. The lowest BCUT2D eigenvalue weighted by Gasteiger charge is -2.41. The highest BCUT2D eigenvalue weighted by Gasteiger charge is 2.39. The number of anilines is 1. The van der Waals surface area contributed by atoms with Gasteiger partial charge in [0.1, 0.15) is 24.1 Å². The molecule has 3 aliphatic heterocycles. The van der Waals surface area contributed by atoms with E-state index in [0.717, 1.165) is 48.4 Å². The average Bonchev–Trinajstić information content (AvgIpc) is 3.69. The molecule has 1 N–H and O–H groups in total. The van der Waals surface area contributed by atoms with Crippen molar-refractivity contribution in [2.24, 2.45) is 0 Å². The molecule has 11 heteroatoms. The van der Waals surface area contributed by atoms with Gasteiger partial charge in [0.15, 0.2) is 0 Å². The Morgan fingerprint density at radius 3 is 2.88 bits per heavy atom. The Kier molecular flexibility index (Phi) is 7.53. The van der Waals surface area contributed by atoms with Crippen molar-refractivity contribution in [2.45, 2.75) is 70.2 Å². The number of amides is 1. The molecule has 4 aliphatic rings. The van der Waals surface area contributed by atoms with Gasteiger partial charge in [-0.2, -0.15) is 15.2 Å². The van der Waals surface area contributed by atoms with E-state index >= 15 is 4.39 Å². The molecule has 1 aliphatic carbocycles.